The van der Waals surface area contributed by atoms with Crippen LogP contribution in [0.3, 0.4) is 0 Å². The maximum atomic E-state index is 10.4. The maximum absolute atomic E-state index is 10.4. The lowest BCUT2D eigenvalue weighted by Crippen LogP contribution is -2.41. The van der Waals surface area contributed by atoms with Gasteiger partial charge in [-0.2, -0.15) is 11.8 Å². The van der Waals surface area contributed by atoms with E-state index in [4.69, 9.17) is 23.2 Å². The molecule has 1 aliphatic heterocycles. The van der Waals surface area contributed by atoms with Gasteiger partial charge in [-0.25, -0.2) is 0 Å². The number of aliphatic imine (C=N–C) groups is 1. The molecular formula is C16H24Cl2IN3OS. The summed E-state index contributed by atoms with van der Waals surface area (Å²) in [6.07, 6.45) is 0.791. The summed E-state index contributed by atoms with van der Waals surface area (Å²) in [5.41, 5.74) is 0.269. The van der Waals surface area contributed by atoms with E-state index in [1.165, 1.54) is 0 Å². The van der Waals surface area contributed by atoms with Gasteiger partial charge >= 0.3 is 0 Å². The molecule has 3 N–H and O–H groups in total. The molecule has 1 aliphatic rings. The molecule has 0 spiro atoms. The van der Waals surface area contributed by atoms with E-state index in [-0.39, 0.29) is 30.0 Å². The molecule has 1 fully saturated rings. The van der Waals surface area contributed by atoms with E-state index in [0.29, 0.717) is 22.5 Å². The molecule has 0 aliphatic carbocycles. The topological polar surface area (TPSA) is 56.7 Å². The lowest BCUT2D eigenvalue weighted by atomic mass is 10.0. The van der Waals surface area contributed by atoms with Gasteiger partial charge in [0.25, 0.3) is 0 Å². The summed E-state index contributed by atoms with van der Waals surface area (Å²) < 4.78 is 0. The third-order valence-corrected chi connectivity index (χ3v) is 5.54. The zero-order valence-corrected chi connectivity index (χ0v) is 18.5. The molecule has 0 radical (unpaired) electrons. The van der Waals surface area contributed by atoms with Crippen LogP contribution < -0.4 is 10.6 Å². The molecule has 2 rings (SSSR count). The molecule has 0 amide bonds. The SMILES string of the molecule is CCNC(=NCC1(O)CCSC1)NC(C)c1ccc(Cl)cc1Cl.I. The molecule has 1 saturated heterocycles. The van der Waals surface area contributed by atoms with E-state index in [1.807, 2.05) is 26.0 Å². The van der Waals surface area contributed by atoms with Gasteiger partial charge in [-0.1, -0.05) is 29.3 Å². The van der Waals surface area contributed by atoms with E-state index in [0.717, 1.165) is 30.0 Å². The van der Waals surface area contributed by atoms with E-state index in [1.54, 1.807) is 17.8 Å². The summed E-state index contributed by atoms with van der Waals surface area (Å²) in [7, 11) is 0. The Labute approximate surface area is 175 Å². The number of hydrogen-bond donors (Lipinski definition) is 3. The van der Waals surface area contributed by atoms with Crippen molar-refractivity contribution in [2.24, 2.45) is 4.99 Å². The van der Waals surface area contributed by atoms with E-state index in [9.17, 15) is 5.11 Å². The Morgan fingerprint density at radius 2 is 2.21 bits per heavy atom. The van der Waals surface area contributed by atoms with Crippen molar-refractivity contribution in [3.63, 3.8) is 0 Å². The third-order valence-electron chi connectivity index (χ3n) is 3.74. The lowest BCUT2D eigenvalue weighted by molar-refractivity contribution is 0.0778. The minimum Gasteiger partial charge on any atom is -0.387 e. The van der Waals surface area contributed by atoms with Crippen molar-refractivity contribution in [3.05, 3.63) is 33.8 Å². The van der Waals surface area contributed by atoms with Gasteiger partial charge in [0.2, 0.25) is 0 Å². The van der Waals surface area contributed by atoms with Crippen LogP contribution in [0.5, 0.6) is 0 Å². The first-order valence-corrected chi connectivity index (χ1v) is 9.64. The standard InChI is InChI=1S/C16H23Cl2N3OS.HI/c1-3-19-15(20-9-16(22)6-7-23-10-16)21-11(2)13-5-4-12(17)8-14(13)18;/h4-5,8,11,22H,3,6-7,9-10H2,1-2H3,(H2,19,20,21);1H. The van der Waals surface area contributed by atoms with E-state index in [2.05, 4.69) is 15.6 Å². The number of rotatable bonds is 5. The number of aliphatic hydroxyl groups is 1. The normalized spacial score (nSPS) is 22.0. The highest BCUT2D eigenvalue weighted by atomic mass is 127. The number of nitrogens with one attached hydrogen (secondary N) is 2. The highest BCUT2D eigenvalue weighted by Crippen LogP contribution is 2.28. The Bertz CT molecular complexity index is 568. The number of halogens is 3. The molecule has 0 saturated carbocycles. The van der Waals surface area contributed by atoms with Gasteiger partial charge in [-0.05, 0) is 43.7 Å². The minimum atomic E-state index is -0.686. The smallest absolute Gasteiger partial charge is 0.191 e. The molecule has 2 atom stereocenters. The summed E-state index contributed by atoms with van der Waals surface area (Å²) >= 11 is 14.0. The second kappa shape index (κ2) is 10.3. The Balaban J connectivity index is 0.00000288. The van der Waals surface area contributed by atoms with Crippen LogP contribution in [-0.4, -0.2) is 41.3 Å². The fraction of sp³-hybridized carbons (Fsp3) is 0.562. The van der Waals surface area contributed by atoms with Crippen molar-refractivity contribution in [1.29, 1.82) is 0 Å². The molecule has 136 valence electrons. The Hall–Kier alpha value is 0.110. The molecule has 1 aromatic carbocycles. The van der Waals surface area contributed by atoms with E-state index >= 15 is 0 Å². The Morgan fingerprint density at radius 1 is 1.46 bits per heavy atom. The molecule has 0 aromatic heterocycles. The number of hydrogen-bond acceptors (Lipinski definition) is 3. The van der Waals surface area contributed by atoms with Crippen molar-refractivity contribution in [1.82, 2.24) is 10.6 Å². The van der Waals surface area contributed by atoms with Crippen molar-refractivity contribution in [2.75, 3.05) is 24.6 Å². The number of thioether (sulfide) groups is 1. The summed E-state index contributed by atoms with van der Waals surface area (Å²) in [6.45, 7) is 5.18. The van der Waals surface area contributed by atoms with Crippen LogP contribution in [-0.2, 0) is 0 Å². The highest BCUT2D eigenvalue weighted by molar-refractivity contribution is 14.0. The van der Waals surface area contributed by atoms with Gasteiger partial charge in [0, 0.05) is 22.3 Å². The zero-order valence-electron chi connectivity index (χ0n) is 13.8. The van der Waals surface area contributed by atoms with Gasteiger partial charge in [-0.15, -0.1) is 24.0 Å². The summed E-state index contributed by atoms with van der Waals surface area (Å²) in [4.78, 5) is 4.54. The van der Waals surface area contributed by atoms with Gasteiger partial charge in [0.15, 0.2) is 5.96 Å². The molecule has 1 heterocycles. The first kappa shape index (κ1) is 22.2. The second-order valence-electron chi connectivity index (χ2n) is 5.75. The monoisotopic (exact) mass is 503 g/mol. The third kappa shape index (κ3) is 6.44. The second-order valence-corrected chi connectivity index (χ2v) is 7.70. The van der Waals surface area contributed by atoms with Crippen molar-refractivity contribution >= 4 is 64.9 Å². The molecule has 4 nitrogen and oxygen atoms in total. The van der Waals surface area contributed by atoms with Crippen LogP contribution in [0.2, 0.25) is 10.0 Å². The Morgan fingerprint density at radius 3 is 2.79 bits per heavy atom. The molecular weight excluding hydrogens is 480 g/mol. The van der Waals surface area contributed by atoms with Crippen molar-refractivity contribution in [3.8, 4) is 0 Å². The fourth-order valence-corrected chi connectivity index (χ4v) is 4.26. The predicted molar refractivity (Wildman–Crippen MR) is 116 cm³/mol. The molecule has 8 heteroatoms. The predicted octanol–water partition coefficient (Wildman–Crippen LogP) is 4.10. The summed E-state index contributed by atoms with van der Waals surface area (Å²) in [5.74, 6) is 2.41. The fourth-order valence-electron chi connectivity index (χ4n) is 2.40. The quantitative estimate of drug-likeness (QED) is 0.321. The first-order chi connectivity index (χ1) is 10.9. The highest BCUT2D eigenvalue weighted by Gasteiger charge is 2.31. The summed E-state index contributed by atoms with van der Waals surface area (Å²) in [6, 6.07) is 5.44. The molecule has 2 unspecified atom stereocenters. The maximum Gasteiger partial charge on any atom is 0.191 e. The minimum absolute atomic E-state index is 0. The molecule has 1 aromatic rings. The van der Waals surface area contributed by atoms with Crippen LogP contribution in [0.25, 0.3) is 0 Å². The van der Waals surface area contributed by atoms with Crippen molar-refractivity contribution < 1.29 is 5.11 Å². The van der Waals surface area contributed by atoms with Gasteiger partial charge in [0.05, 0.1) is 18.2 Å². The summed E-state index contributed by atoms with van der Waals surface area (Å²) in [5, 5.41) is 18.2. The van der Waals surface area contributed by atoms with Crippen molar-refractivity contribution in [2.45, 2.75) is 31.9 Å². The average molecular weight is 504 g/mol. The largest absolute Gasteiger partial charge is 0.387 e. The van der Waals surface area contributed by atoms with E-state index < -0.39 is 5.60 Å². The number of guanidine groups is 1. The van der Waals surface area contributed by atoms with Gasteiger partial charge < -0.3 is 15.7 Å². The molecule has 24 heavy (non-hydrogen) atoms. The van der Waals surface area contributed by atoms with Crippen LogP contribution in [0.4, 0.5) is 0 Å². The lowest BCUT2D eigenvalue weighted by Gasteiger charge is -2.22. The molecule has 0 bridgehead atoms. The van der Waals surface area contributed by atoms with Crippen LogP contribution >= 0.6 is 58.9 Å². The zero-order chi connectivity index (χ0) is 16.9. The number of nitrogens with zero attached hydrogens (tertiary/aromatic N) is 1. The van der Waals surface area contributed by atoms with Crippen LogP contribution in [0, 0.1) is 0 Å². The van der Waals surface area contributed by atoms with Gasteiger partial charge in [-0.3, -0.25) is 4.99 Å². The Kier molecular flexibility index (Phi) is 9.51. The van der Waals surface area contributed by atoms with Gasteiger partial charge in [0.1, 0.15) is 0 Å². The first-order valence-electron chi connectivity index (χ1n) is 7.73. The van der Waals surface area contributed by atoms with Crippen LogP contribution in [0.15, 0.2) is 23.2 Å². The number of benzene rings is 1. The average Bonchev–Trinajstić information content (AvgIpc) is 2.92. The van der Waals surface area contributed by atoms with Crippen LogP contribution in [0.1, 0.15) is 31.9 Å².